The molecule has 1 aromatic rings. The van der Waals surface area contributed by atoms with Crippen LogP contribution in [0.4, 0.5) is 4.79 Å². The molecule has 0 aliphatic carbocycles. The predicted octanol–water partition coefficient (Wildman–Crippen LogP) is 2.10. The van der Waals surface area contributed by atoms with Gasteiger partial charge >= 0.3 is 6.09 Å². The van der Waals surface area contributed by atoms with E-state index in [4.69, 9.17) is 4.74 Å². The number of amides is 1. The van der Waals surface area contributed by atoms with Gasteiger partial charge in [0.05, 0.1) is 19.8 Å². The Kier molecular flexibility index (Phi) is 6.87. The van der Waals surface area contributed by atoms with Gasteiger partial charge in [-0.25, -0.2) is 13.2 Å². The first-order chi connectivity index (χ1) is 10.6. The number of carbonyl (C=O) groups is 1. The highest BCUT2D eigenvalue weighted by Crippen LogP contribution is 2.21. The summed E-state index contributed by atoms with van der Waals surface area (Å²) in [6.07, 6.45) is 0.0333. The third-order valence-corrected chi connectivity index (χ3v) is 6.44. The number of sulfonamides is 1. The number of hydrogen-bond donors (Lipinski definition) is 0. The van der Waals surface area contributed by atoms with Gasteiger partial charge in [0.1, 0.15) is 5.75 Å². The Balaban J connectivity index is 2.86. The second kappa shape index (κ2) is 8.00. The summed E-state index contributed by atoms with van der Waals surface area (Å²) in [5, 5.41) is 0. The lowest BCUT2D eigenvalue weighted by molar-refractivity contribution is 0.183. The molecule has 1 rings (SSSR count). The van der Waals surface area contributed by atoms with E-state index < -0.39 is 27.7 Å². The van der Waals surface area contributed by atoms with Crippen molar-refractivity contribution in [2.45, 2.75) is 26.7 Å². The fourth-order valence-corrected chi connectivity index (χ4v) is 4.12. The molecule has 1 unspecified atom stereocenters. The van der Waals surface area contributed by atoms with E-state index in [-0.39, 0.29) is 12.5 Å². The maximum absolute atomic E-state index is 12.2. The van der Waals surface area contributed by atoms with Crippen molar-refractivity contribution >= 4 is 27.7 Å². The van der Waals surface area contributed by atoms with Crippen LogP contribution in [0.5, 0.6) is 5.75 Å². The van der Waals surface area contributed by atoms with E-state index in [9.17, 15) is 17.8 Å². The van der Waals surface area contributed by atoms with E-state index in [1.54, 1.807) is 18.2 Å². The Labute approximate surface area is 140 Å². The van der Waals surface area contributed by atoms with Gasteiger partial charge in [0, 0.05) is 3.71 Å². The lowest BCUT2D eigenvalue weighted by atomic mass is 10.0. The first kappa shape index (κ1) is 19.8. The molecule has 0 aromatic heterocycles. The molecule has 7 nitrogen and oxygen atoms in total. The van der Waals surface area contributed by atoms with Gasteiger partial charge in [-0.3, -0.25) is 0 Å². The molecule has 1 atom stereocenters. The molecule has 0 fully saturated rings. The number of carbonyl (C=O) groups excluding carboxylic acids is 1. The highest BCUT2D eigenvalue weighted by molar-refractivity contribution is 8.02. The summed E-state index contributed by atoms with van der Waals surface area (Å²) in [6.45, 7) is 5.52. The summed E-state index contributed by atoms with van der Waals surface area (Å²) in [7, 11) is -2.48. The van der Waals surface area contributed by atoms with E-state index in [0.717, 1.165) is 16.1 Å². The van der Waals surface area contributed by atoms with Crippen LogP contribution in [0.2, 0.25) is 0 Å². The summed E-state index contributed by atoms with van der Waals surface area (Å²) in [5.41, 5.74) is 0.991. The minimum atomic E-state index is -3.70. The quantitative estimate of drug-likeness (QED) is 0.723. The third-order valence-electron chi connectivity index (χ3n) is 3.02. The fourth-order valence-electron chi connectivity index (χ4n) is 1.76. The second-order valence-corrected chi connectivity index (χ2v) is 8.79. The van der Waals surface area contributed by atoms with Crippen LogP contribution in [0.25, 0.3) is 0 Å². The van der Waals surface area contributed by atoms with Gasteiger partial charge in [0.15, 0.2) is 11.5 Å². The topological polar surface area (TPSA) is 90.0 Å². The van der Waals surface area contributed by atoms with Gasteiger partial charge in [-0.15, -0.1) is 4.31 Å². The molecule has 9 heteroatoms. The summed E-state index contributed by atoms with van der Waals surface area (Å²) in [6, 6.07) is 6.98. The zero-order chi connectivity index (χ0) is 17.8. The minimum absolute atomic E-state index is 0.0219. The van der Waals surface area contributed by atoms with Crippen LogP contribution in [0.3, 0.4) is 0 Å². The normalized spacial score (nSPS) is 13.2. The number of rotatable bonds is 6. The van der Waals surface area contributed by atoms with E-state index in [2.05, 4.69) is 0 Å². The van der Waals surface area contributed by atoms with E-state index >= 15 is 0 Å². The summed E-state index contributed by atoms with van der Waals surface area (Å²) in [4.78, 5) is 12.1. The zero-order valence-corrected chi connectivity index (χ0v) is 15.5. The van der Waals surface area contributed by atoms with Crippen molar-refractivity contribution in [1.29, 1.82) is 0 Å². The predicted molar refractivity (Wildman–Crippen MR) is 89.7 cm³/mol. The molecular weight excluding hydrogens is 340 g/mol. The lowest BCUT2D eigenvalue weighted by Crippen LogP contribution is -2.47. The fraction of sp³-hybridized carbons (Fsp3) is 0.500. The molecule has 130 valence electrons. The van der Waals surface area contributed by atoms with Crippen molar-refractivity contribution in [2.24, 2.45) is 0 Å². The molecule has 0 saturated heterocycles. The second-order valence-electron chi connectivity index (χ2n) is 5.21. The summed E-state index contributed by atoms with van der Waals surface area (Å²) < 4.78 is 42.0. The molecule has 1 amide bonds. The van der Waals surface area contributed by atoms with Crippen molar-refractivity contribution in [1.82, 2.24) is 8.02 Å². The minimum Gasteiger partial charge on any atom is -0.572 e. The average molecular weight is 362 g/mol. The zero-order valence-electron chi connectivity index (χ0n) is 13.8. The smallest absolute Gasteiger partial charge is 0.458 e. The molecular formula is C14H22N2O5S2. The van der Waals surface area contributed by atoms with Crippen LogP contribution in [0.1, 0.15) is 32.3 Å². The SMILES string of the molecule is CCN([S+]([O-])N(C)C(=O)Oc1cccc(C(C)C)c1)S(C)(=O)=O. The highest BCUT2D eigenvalue weighted by atomic mass is 32.3. The molecule has 0 aliphatic rings. The lowest BCUT2D eigenvalue weighted by Gasteiger charge is -2.25. The van der Waals surface area contributed by atoms with Gasteiger partial charge in [-0.1, -0.05) is 26.0 Å². The van der Waals surface area contributed by atoms with Crippen molar-refractivity contribution in [3.63, 3.8) is 0 Å². The first-order valence-corrected chi connectivity index (χ1v) is 9.94. The van der Waals surface area contributed by atoms with Crippen LogP contribution in [0.15, 0.2) is 24.3 Å². The number of ether oxygens (including phenoxy) is 1. The van der Waals surface area contributed by atoms with Gasteiger partial charge in [0.2, 0.25) is 0 Å². The van der Waals surface area contributed by atoms with E-state index in [0.29, 0.717) is 9.46 Å². The molecule has 1 aromatic carbocycles. The van der Waals surface area contributed by atoms with Crippen LogP contribution >= 0.6 is 0 Å². The van der Waals surface area contributed by atoms with E-state index in [1.165, 1.54) is 14.0 Å². The van der Waals surface area contributed by atoms with Crippen molar-refractivity contribution in [3.05, 3.63) is 29.8 Å². The van der Waals surface area contributed by atoms with Gasteiger partial charge < -0.3 is 9.29 Å². The average Bonchev–Trinajstić information content (AvgIpc) is 2.45. The molecule has 0 radical (unpaired) electrons. The molecule has 0 saturated carbocycles. The molecule has 0 N–H and O–H groups in total. The van der Waals surface area contributed by atoms with E-state index in [1.807, 2.05) is 19.9 Å². The molecule has 0 heterocycles. The Morgan fingerprint density at radius 1 is 1.39 bits per heavy atom. The molecule has 0 aliphatic heterocycles. The van der Waals surface area contributed by atoms with Gasteiger partial charge in [-0.2, -0.15) is 0 Å². The number of nitrogens with zero attached hydrogens (tertiary/aromatic N) is 2. The third kappa shape index (κ3) is 5.38. The van der Waals surface area contributed by atoms with Gasteiger partial charge in [0.25, 0.3) is 10.0 Å². The number of benzene rings is 1. The Hall–Kier alpha value is -1.29. The van der Waals surface area contributed by atoms with Crippen molar-refractivity contribution < 1.29 is 22.5 Å². The summed E-state index contributed by atoms with van der Waals surface area (Å²) >= 11 is -2.19. The van der Waals surface area contributed by atoms with Gasteiger partial charge in [-0.05, 0) is 30.5 Å². The summed E-state index contributed by atoms with van der Waals surface area (Å²) in [5.74, 6) is 0.578. The highest BCUT2D eigenvalue weighted by Gasteiger charge is 2.36. The Morgan fingerprint density at radius 2 is 2.00 bits per heavy atom. The standard InChI is InChI=1S/C14H22N2O5S2/c1-6-16(23(5,19)20)22(18)15(4)14(17)21-13-9-7-8-12(10-13)11(2)3/h7-11H,6H2,1-5H3. The molecule has 0 bridgehead atoms. The van der Waals surface area contributed by atoms with Crippen molar-refractivity contribution in [3.8, 4) is 5.75 Å². The van der Waals surface area contributed by atoms with Crippen LogP contribution in [0, 0.1) is 0 Å². The first-order valence-electron chi connectivity index (χ1n) is 7.03. The molecule has 23 heavy (non-hydrogen) atoms. The van der Waals surface area contributed by atoms with Crippen molar-refractivity contribution in [2.75, 3.05) is 19.8 Å². The van der Waals surface area contributed by atoms with Crippen LogP contribution < -0.4 is 4.74 Å². The van der Waals surface area contributed by atoms with Crippen LogP contribution in [-0.2, 0) is 21.6 Å². The Morgan fingerprint density at radius 3 is 2.48 bits per heavy atom. The molecule has 0 spiro atoms. The number of hydrogen-bond acceptors (Lipinski definition) is 5. The largest absolute Gasteiger partial charge is 0.572 e. The maximum atomic E-state index is 12.2. The monoisotopic (exact) mass is 362 g/mol. The van der Waals surface area contributed by atoms with Crippen LogP contribution in [-0.4, -0.2) is 46.9 Å². The Bertz CT molecular complexity index is 648. The maximum Gasteiger partial charge on any atom is 0.458 e.